The molecule has 0 aromatic carbocycles. The second kappa shape index (κ2) is 20.6. The summed E-state index contributed by atoms with van der Waals surface area (Å²) in [6.45, 7) is 13.0. The second-order valence-corrected chi connectivity index (χ2v) is 14.4. The summed E-state index contributed by atoms with van der Waals surface area (Å²) in [7, 11) is -4.59. The molecule has 0 amide bonds. The van der Waals surface area contributed by atoms with Gasteiger partial charge in [0.2, 0.25) is 0 Å². The van der Waals surface area contributed by atoms with Gasteiger partial charge in [-0.1, -0.05) is 91.2 Å². The highest BCUT2D eigenvalue weighted by Crippen LogP contribution is 2.46. The van der Waals surface area contributed by atoms with Gasteiger partial charge in [0, 0.05) is 0 Å². The highest BCUT2D eigenvalue weighted by molar-refractivity contribution is 7.47. The average molecular weight is 609 g/mol. The van der Waals surface area contributed by atoms with Gasteiger partial charge in [-0.15, -0.1) is 0 Å². The van der Waals surface area contributed by atoms with E-state index in [1.54, 1.807) is 0 Å². The van der Waals surface area contributed by atoms with Crippen molar-refractivity contribution in [1.29, 1.82) is 0 Å². The molecule has 41 heavy (non-hydrogen) atoms. The third-order valence-electron chi connectivity index (χ3n) is 8.24. The SMILES string of the molecule is C/C(=C/CC[C@H](C)CCOP(=O)(O)O[C@@H]1O[C@H](CO)[C@@H](O)[C@H](O)[C@@H]1O)CCCC(C)CCCC(C)CCCC(C)C. The maximum atomic E-state index is 12.3. The Morgan fingerprint density at radius 3 is 1.98 bits per heavy atom. The number of rotatable bonds is 22. The Kier molecular flexibility index (Phi) is 19.4. The zero-order valence-electron chi connectivity index (χ0n) is 26.5. The largest absolute Gasteiger partial charge is 0.474 e. The van der Waals surface area contributed by atoms with Gasteiger partial charge < -0.3 is 30.1 Å². The van der Waals surface area contributed by atoms with Crippen LogP contribution in [0.25, 0.3) is 0 Å². The molecule has 9 atom stereocenters. The molecule has 0 saturated carbocycles. The van der Waals surface area contributed by atoms with Crippen LogP contribution in [-0.2, 0) is 18.3 Å². The molecule has 1 aliphatic heterocycles. The zero-order chi connectivity index (χ0) is 31.0. The van der Waals surface area contributed by atoms with Crippen LogP contribution in [-0.4, -0.2) is 69.2 Å². The van der Waals surface area contributed by atoms with Crippen LogP contribution in [0.3, 0.4) is 0 Å². The van der Waals surface area contributed by atoms with Gasteiger partial charge in [0.25, 0.3) is 0 Å². The van der Waals surface area contributed by atoms with Crippen molar-refractivity contribution >= 4 is 7.82 Å². The molecule has 0 spiro atoms. The fraction of sp³-hybridized carbons (Fsp3) is 0.935. The molecule has 5 N–H and O–H groups in total. The number of phosphoric acid groups is 1. The van der Waals surface area contributed by atoms with E-state index in [-0.39, 0.29) is 12.5 Å². The lowest BCUT2D eigenvalue weighted by Gasteiger charge is -2.39. The van der Waals surface area contributed by atoms with Crippen LogP contribution >= 0.6 is 7.82 Å². The molecule has 1 fully saturated rings. The van der Waals surface area contributed by atoms with Crippen molar-refractivity contribution in [2.24, 2.45) is 23.7 Å². The molecule has 1 heterocycles. The van der Waals surface area contributed by atoms with E-state index in [0.717, 1.165) is 37.0 Å². The van der Waals surface area contributed by atoms with Crippen molar-refractivity contribution in [2.75, 3.05) is 13.2 Å². The molecule has 0 aliphatic carbocycles. The first kappa shape index (κ1) is 38.7. The lowest BCUT2D eigenvalue weighted by atomic mass is 9.91. The van der Waals surface area contributed by atoms with E-state index >= 15 is 0 Å². The number of hydrogen-bond acceptors (Lipinski definition) is 8. The minimum atomic E-state index is -4.59. The van der Waals surface area contributed by atoms with Gasteiger partial charge in [-0.3, -0.25) is 9.05 Å². The first-order valence-corrected chi connectivity index (χ1v) is 17.4. The summed E-state index contributed by atoms with van der Waals surface area (Å²) in [5.74, 6) is 2.70. The molecule has 1 rings (SSSR count). The fourth-order valence-electron chi connectivity index (χ4n) is 5.25. The fourth-order valence-corrected chi connectivity index (χ4v) is 6.09. The minimum Gasteiger partial charge on any atom is -0.394 e. The van der Waals surface area contributed by atoms with E-state index in [1.165, 1.54) is 56.9 Å². The Morgan fingerprint density at radius 2 is 1.39 bits per heavy atom. The van der Waals surface area contributed by atoms with Gasteiger partial charge in [-0.2, -0.15) is 0 Å². The van der Waals surface area contributed by atoms with Gasteiger partial charge in [0.1, 0.15) is 24.4 Å². The van der Waals surface area contributed by atoms with Crippen LogP contribution in [0.1, 0.15) is 119 Å². The quantitative estimate of drug-likeness (QED) is 0.0725. The molecule has 244 valence electrons. The van der Waals surface area contributed by atoms with E-state index in [9.17, 15) is 29.9 Å². The molecular weight excluding hydrogens is 547 g/mol. The summed E-state index contributed by atoms with van der Waals surface area (Å²) in [4.78, 5) is 10.0. The van der Waals surface area contributed by atoms with Crippen molar-refractivity contribution in [1.82, 2.24) is 0 Å². The van der Waals surface area contributed by atoms with Crippen LogP contribution in [0.15, 0.2) is 11.6 Å². The number of allylic oxidation sites excluding steroid dienone is 2. The average Bonchev–Trinajstić information content (AvgIpc) is 2.88. The van der Waals surface area contributed by atoms with Crippen LogP contribution in [0.2, 0.25) is 0 Å². The van der Waals surface area contributed by atoms with Crippen LogP contribution in [0, 0.1) is 23.7 Å². The van der Waals surface area contributed by atoms with Gasteiger partial charge in [0.05, 0.1) is 13.2 Å². The summed E-state index contributed by atoms with van der Waals surface area (Å²) in [5.41, 5.74) is 1.41. The summed E-state index contributed by atoms with van der Waals surface area (Å²) >= 11 is 0. The lowest BCUT2D eigenvalue weighted by Crippen LogP contribution is -2.58. The number of phosphoric ester groups is 1. The molecule has 1 saturated heterocycles. The molecular formula is C31H61O9P. The van der Waals surface area contributed by atoms with E-state index < -0.39 is 45.1 Å². The molecule has 0 bridgehead atoms. The monoisotopic (exact) mass is 608 g/mol. The zero-order valence-corrected chi connectivity index (χ0v) is 27.4. The third kappa shape index (κ3) is 16.9. The van der Waals surface area contributed by atoms with Gasteiger partial charge in [-0.05, 0) is 62.7 Å². The van der Waals surface area contributed by atoms with Gasteiger partial charge >= 0.3 is 7.82 Å². The van der Waals surface area contributed by atoms with Crippen molar-refractivity contribution in [2.45, 2.75) is 149 Å². The molecule has 0 aromatic heterocycles. The van der Waals surface area contributed by atoms with Crippen molar-refractivity contribution < 1.29 is 43.7 Å². The Bertz CT molecular complexity index is 760. The van der Waals surface area contributed by atoms with Crippen molar-refractivity contribution in [3.05, 3.63) is 11.6 Å². The predicted octanol–water partition coefficient (Wildman–Crippen LogP) is 6.11. The first-order valence-electron chi connectivity index (χ1n) is 15.9. The molecule has 0 radical (unpaired) electrons. The summed E-state index contributed by atoms with van der Waals surface area (Å²) < 4.78 is 27.3. The minimum absolute atomic E-state index is 0.0241. The topological polar surface area (TPSA) is 146 Å². The first-order chi connectivity index (χ1) is 19.3. The van der Waals surface area contributed by atoms with Gasteiger partial charge in [-0.25, -0.2) is 4.57 Å². The van der Waals surface area contributed by atoms with Crippen LogP contribution in [0.4, 0.5) is 0 Å². The van der Waals surface area contributed by atoms with E-state index in [4.69, 9.17) is 13.8 Å². The summed E-state index contributed by atoms with van der Waals surface area (Å²) in [6.07, 6.45) is 8.40. The van der Waals surface area contributed by atoms with Crippen molar-refractivity contribution in [3.63, 3.8) is 0 Å². The smallest absolute Gasteiger partial charge is 0.394 e. The number of ether oxygens (including phenoxy) is 1. The van der Waals surface area contributed by atoms with Crippen LogP contribution < -0.4 is 0 Å². The predicted molar refractivity (Wildman–Crippen MR) is 162 cm³/mol. The van der Waals surface area contributed by atoms with E-state index in [0.29, 0.717) is 6.42 Å². The molecule has 1 aliphatic rings. The Morgan fingerprint density at radius 1 is 0.829 bits per heavy atom. The maximum absolute atomic E-state index is 12.3. The molecule has 0 aromatic rings. The number of aliphatic hydroxyl groups excluding tert-OH is 4. The molecule has 9 nitrogen and oxygen atoms in total. The van der Waals surface area contributed by atoms with E-state index in [2.05, 4.69) is 47.6 Å². The standard InChI is InChI=1S/C31H61O9P/c1-22(2)11-7-12-23(3)13-8-14-24(4)15-9-16-25(5)17-10-18-26(6)19-20-38-41(36,37)40-31-30(35)29(34)28(33)27(21-32)39-31/h17,22-24,26-35H,7-16,18-21H2,1-6H3,(H,36,37)/b25-17-/t23?,24?,26-,27+,28+,29-,30-,31-/m0/s1. The van der Waals surface area contributed by atoms with E-state index in [1.807, 2.05) is 0 Å². The Labute approximate surface area is 249 Å². The van der Waals surface area contributed by atoms with Crippen LogP contribution in [0.5, 0.6) is 0 Å². The third-order valence-corrected chi connectivity index (χ3v) is 9.23. The van der Waals surface area contributed by atoms with Crippen molar-refractivity contribution in [3.8, 4) is 0 Å². The summed E-state index contributed by atoms with van der Waals surface area (Å²) in [6, 6.07) is 0. The maximum Gasteiger partial charge on any atom is 0.474 e. The normalized spacial score (nSPS) is 27.5. The lowest BCUT2D eigenvalue weighted by molar-refractivity contribution is -0.281. The number of aliphatic hydroxyl groups is 4. The Balaban J connectivity index is 2.19. The summed E-state index contributed by atoms with van der Waals surface area (Å²) in [5, 5.41) is 38.8. The number of hydrogen-bond donors (Lipinski definition) is 5. The van der Waals surface area contributed by atoms with Gasteiger partial charge in [0.15, 0.2) is 6.29 Å². The second-order valence-electron chi connectivity index (χ2n) is 13.0. The molecule has 10 heteroatoms. The highest BCUT2D eigenvalue weighted by Gasteiger charge is 2.46. The highest BCUT2D eigenvalue weighted by atomic mass is 31.2. The molecule has 3 unspecified atom stereocenters. The Hall–Kier alpha value is -0.350.